The Bertz CT molecular complexity index is 950. The number of pyridine rings is 2. The SMILES string of the molecule is COc1ccc(C(NC(=O)c2cc(=O)cc(C)[nH]2)c2ccncc2)cc1. The van der Waals surface area contributed by atoms with E-state index in [2.05, 4.69) is 15.3 Å². The summed E-state index contributed by atoms with van der Waals surface area (Å²) in [5.74, 6) is 0.375. The first-order chi connectivity index (χ1) is 12.6. The van der Waals surface area contributed by atoms with Crippen LogP contribution < -0.4 is 15.5 Å². The Labute approximate surface area is 150 Å². The first kappa shape index (κ1) is 17.4. The number of aromatic amines is 1. The Kier molecular flexibility index (Phi) is 5.12. The van der Waals surface area contributed by atoms with Gasteiger partial charge in [-0.05, 0) is 42.3 Å². The second kappa shape index (κ2) is 7.65. The van der Waals surface area contributed by atoms with Crippen LogP contribution in [0.5, 0.6) is 5.75 Å². The summed E-state index contributed by atoms with van der Waals surface area (Å²) < 4.78 is 5.19. The number of carbonyl (C=O) groups is 1. The summed E-state index contributed by atoms with van der Waals surface area (Å²) in [5.41, 5.74) is 2.42. The number of ether oxygens (including phenoxy) is 1. The van der Waals surface area contributed by atoms with Crippen molar-refractivity contribution in [3.8, 4) is 5.75 Å². The molecule has 0 aliphatic carbocycles. The van der Waals surface area contributed by atoms with Crippen molar-refractivity contribution in [3.05, 3.63) is 93.7 Å². The van der Waals surface area contributed by atoms with Crippen LogP contribution in [0.15, 0.2) is 65.7 Å². The van der Waals surface area contributed by atoms with Crippen LogP contribution >= 0.6 is 0 Å². The molecule has 0 radical (unpaired) electrons. The average Bonchev–Trinajstić information content (AvgIpc) is 2.66. The molecular weight excluding hydrogens is 330 g/mol. The molecule has 1 amide bonds. The smallest absolute Gasteiger partial charge is 0.268 e. The van der Waals surface area contributed by atoms with Crippen LogP contribution in [0.1, 0.15) is 33.4 Å². The van der Waals surface area contributed by atoms with Crippen molar-refractivity contribution >= 4 is 5.91 Å². The molecule has 2 heterocycles. The fourth-order valence-electron chi connectivity index (χ4n) is 2.72. The molecule has 2 aromatic heterocycles. The molecule has 2 N–H and O–H groups in total. The van der Waals surface area contributed by atoms with Gasteiger partial charge in [0.05, 0.1) is 13.2 Å². The number of hydrogen-bond donors (Lipinski definition) is 2. The normalized spacial score (nSPS) is 11.6. The monoisotopic (exact) mass is 349 g/mol. The molecule has 1 unspecified atom stereocenters. The summed E-state index contributed by atoms with van der Waals surface area (Å²) in [4.78, 5) is 31.4. The number of nitrogens with zero attached hydrogens (tertiary/aromatic N) is 1. The van der Waals surface area contributed by atoms with Crippen molar-refractivity contribution < 1.29 is 9.53 Å². The lowest BCUT2D eigenvalue weighted by Crippen LogP contribution is -2.30. The van der Waals surface area contributed by atoms with Crippen LogP contribution in [0, 0.1) is 6.92 Å². The number of benzene rings is 1. The van der Waals surface area contributed by atoms with Gasteiger partial charge in [0, 0.05) is 30.2 Å². The predicted octanol–water partition coefficient (Wildman–Crippen LogP) is 2.61. The molecule has 0 aliphatic heterocycles. The van der Waals surface area contributed by atoms with E-state index >= 15 is 0 Å². The maximum absolute atomic E-state index is 12.7. The van der Waals surface area contributed by atoms with Crippen molar-refractivity contribution in [2.75, 3.05) is 7.11 Å². The third kappa shape index (κ3) is 3.97. The highest BCUT2D eigenvalue weighted by Gasteiger charge is 2.18. The van der Waals surface area contributed by atoms with Gasteiger partial charge in [0.25, 0.3) is 5.91 Å². The second-order valence-electron chi connectivity index (χ2n) is 5.87. The number of aryl methyl sites for hydroxylation is 1. The fraction of sp³-hybridized carbons (Fsp3) is 0.150. The molecule has 6 nitrogen and oxygen atoms in total. The molecule has 26 heavy (non-hydrogen) atoms. The van der Waals surface area contributed by atoms with E-state index in [1.54, 1.807) is 26.4 Å². The van der Waals surface area contributed by atoms with Crippen molar-refractivity contribution in [2.45, 2.75) is 13.0 Å². The Hall–Kier alpha value is -3.41. The number of rotatable bonds is 5. The molecule has 3 aromatic rings. The summed E-state index contributed by atoms with van der Waals surface area (Å²) in [6, 6.07) is 13.5. The van der Waals surface area contributed by atoms with E-state index in [9.17, 15) is 9.59 Å². The Morgan fingerprint density at radius 1 is 1.08 bits per heavy atom. The van der Waals surface area contributed by atoms with E-state index in [1.807, 2.05) is 36.4 Å². The van der Waals surface area contributed by atoms with E-state index in [0.29, 0.717) is 5.69 Å². The second-order valence-corrected chi connectivity index (χ2v) is 5.87. The molecule has 6 heteroatoms. The molecule has 1 aromatic carbocycles. The molecular formula is C20H19N3O3. The lowest BCUT2D eigenvalue weighted by molar-refractivity contribution is 0.0937. The van der Waals surface area contributed by atoms with E-state index in [0.717, 1.165) is 16.9 Å². The average molecular weight is 349 g/mol. The number of methoxy groups -OCH3 is 1. The van der Waals surface area contributed by atoms with Gasteiger partial charge in [0.15, 0.2) is 5.43 Å². The molecule has 0 bridgehead atoms. The van der Waals surface area contributed by atoms with E-state index in [1.165, 1.54) is 12.1 Å². The molecule has 0 fully saturated rings. The highest BCUT2D eigenvalue weighted by molar-refractivity contribution is 5.92. The first-order valence-electron chi connectivity index (χ1n) is 8.12. The van der Waals surface area contributed by atoms with Crippen LogP contribution in [-0.4, -0.2) is 23.0 Å². The van der Waals surface area contributed by atoms with Crippen molar-refractivity contribution in [2.24, 2.45) is 0 Å². The largest absolute Gasteiger partial charge is 0.497 e. The topological polar surface area (TPSA) is 84.1 Å². The molecule has 0 saturated heterocycles. The fourth-order valence-corrected chi connectivity index (χ4v) is 2.72. The highest BCUT2D eigenvalue weighted by Crippen LogP contribution is 2.24. The summed E-state index contributed by atoms with van der Waals surface area (Å²) in [7, 11) is 1.60. The summed E-state index contributed by atoms with van der Waals surface area (Å²) in [6.45, 7) is 1.74. The van der Waals surface area contributed by atoms with Crippen molar-refractivity contribution in [1.82, 2.24) is 15.3 Å². The van der Waals surface area contributed by atoms with E-state index in [4.69, 9.17) is 4.74 Å². The maximum atomic E-state index is 12.7. The molecule has 0 spiro atoms. The molecule has 3 rings (SSSR count). The Morgan fingerprint density at radius 3 is 2.35 bits per heavy atom. The molecule has 0 saturated carbocycles. The lowest BCUT2D eigenvalue weighted by Gasteiger charge is -2.20. The van der Waals surface area contributed by atoms with Gasteiger partial charge in [-0.3, -0.25) is 14.6 Å². The molecule has 0 aliphatic rings. The lowest BCUT2D eigenvalue weighted by atomic mass is 9.99. The molecule has 132 valence electrons. The number of hydrogen-bond acceptors (Lipinski definition) is 4. The third-order valence-electron chi connectivity index (χ3n) is 3.99. The first-order valence-corrected chi connectivity index (χ1v) is 8.12. The zero-order chi connectivity index (χ0) is 18.5. The quantitative estimate of drug-likeness (QED) is 0.742. The third-order valence-corrected chi connectivity index (χ3v) is 3.99. The van der Waals surface area contributed by atoms with Crippen LogP contribution in [0.2, 0.25) is 0 Å². The number of aromatic nitrogens is 2. The number of H-pyrrole nitrogens is 1. The highest BCUT2D eigenvalue weighted by atomic mass is 16.5. The maximum Gasteiger partial charge on any atom is 0.268 e. The predicted molar refractivity (Wildman–Crippen MR) is 98.3 cm³/mol. The Morgan fingerprint density at radius 2 is 1.73 bits per heavy atom. The summed E-state index contributed by atoms with van der Waals surface area (Å²) >= 11 is 0. The number of amides is 1. The van der Waals surface area contributed by atoms with Gasteiger partial charge in [-0.15, -0.1) is 0 Å². The van der Waals surface area contributed by atoms with E-state index < -0.39 is 0 Å². The molecule has 1 atom stereocenters. The van der Waals surface area contributed by atoms with Gasteiger partial charge < -0.3 is 15.0 Å². The summed E-state index contributed by atoms with van der Waals surface area (Å²) in [5, 5.41) is 2.98. The van der Waals surface area contributed by atoms with Gasteiger partial charge >= 0.3 is 0 Å². The van der Waals surface area contributed by atoms with Crippen LogP contribution in [-0.2, 0) is 0 Å². The number of carbonyl (C=O) groups excluding carboxylic acids is 1. The standard InChI is InChI=1S/C20H19N3O3/c1-13-11-16(24)12-18(22-13)20(25)23-19(15-7-9-21-10-8-15)14-3-5-17(26-2)6-4-14/h3-12,19H,1-2H3,(H,22,24)(H,23,25). The zero-order valence-electron chi connectivity index (χ0n) is 14.5. The van der Waals surface area contributed by atoms with Gasteiger partial charge in [-0.25, -0.2) is 0 Å². The van der Waals surface area contributed by atoms with Gasteiger partial charge in [-0.2, -0.15) is 0 Å². The van der Waals surface area contributed by atoms with Gasteiger partial charge in [0.1, 0.15) is 11.4 Å². The van der Waals surface area contributed by atoms with Crippen LogP contribution in [0.4, 0.5) is 0 Å². The summed E-state index contributed by atoms with van der Waals surface area (Å²) in [6.07, 6.45) is 3.35. The minimum atomic E-state index is -0.388. The van der Waals surface area contributed by atoms with Crippen LogP contribution in [0.25, 0.3) is 0 Å². The van der Waals surface area contributed by atoms with E-state index in [-0.39, 0.29) is 23.1 Å². The van der Waals surface area contributed by atoms with Crippen molar-refractivity contribution in [3.63, 3.8) is 0 Å². The van der Waals surface area contributed by atoms with Gasteiger partial charge in [-0.1, -0.05) is 12.1 Å². The number of nitrogens with one attached hydrogen (secondary N) is 2. The van der Waals surface area contributed by atoms with Gasteiger partial charge in [0.2, 0.25) is 0 Å². The Balaban J connectivity index is 1.95. The minimum absolute atomic E-state index is 0.212. The minimum Gasteiger partial charge on any atom is -0.497 e. The zero-order valence-corrected chi connectivity index (χ0v) is 14.5. The van der Waals surface area contributed by atoms with Crippen LogP contribution in [0.3, 0.4) is 0 Å². The van der Waals surface area contributed by atoms with Crippen molar-refractivity contribution in [1.29, 1.82) is 0 Å².